The van der Waals surface area contributed by atoms with E-state index >= 15 is 0 Å². The largest absolute Gasteiger partial charge is 0.493 e. The minimum atomic E-state index is -0.561. The maximum absolute atomic E-state index is 12.0. The first-order valence-corrected chi connectivity index (χ1v) is 12.4. The summed E-state index contributed by atoms with van der Waals surface area (Å²) in [6, 6.07) is 11.0. The lowest BCUT2D eigenvalue weighted by Gasteiger charge is -2.26. The molecule has 1 fully saturated rings. The summed E-state index contributed by atoms with van der Waals surface area (Å²) in [6.07, 6.45) is 1.93. The molecule has 214 valence electrons. The van der Waals surface area contributed by atoms with Gasteiger partial charge in [-0.3, -0.25) is 10.2 Å². The number of amides is 1. The minimum absolute atomic E-state index is 0. The Bertz CT molecular complexity index is 1200. The second-order valence-electron chi connectivity index (χ2n) is 9.73. The van der Waals surface area contributed by atoms with Crippen molar-refractivity contribution in [1.82, 2.24) is 14.9 Å². The molecule has 0 spiro atoms. The van der Waals surface area contributed by atoms with Gasteiger partial charge in [0.1, 0.15) is 17.7 Å². The Hall–Kier alpha value is -3.05. The van der Waals surface area contributed by atoms with Gasteiger partial charge in [0.15, 0.2) is 11.5 Å². The number of morpholine rings is 1. The van der Waals surface area contributed by atoms with E-state index in [1.165, 1.54) is 6.33 Å². The third-order valence-corrected chi connectivity index (χ3v) is 5.69. The number of carbonyl (C=O) groups excluding carboxylic acids is 1. The number of fused-ring (bicyclic) bond motifs is 1. The van der Waals surface area contributed by atoms with E-state index in [4.69, 9.17) is 18.9 Å². The predicted octanol–water partition coefficient (Wildman–Crippen LogP) is 5.67. The molecule has 0 unspecified atom stereocenters. The summed E-state index contributed by atoms with van der Waals surface area (Å²) in [5.74, 6) is 1.91. The first-order chi connectivity index (χ1) is 17.8. The normalized spacial score (nSPS) is 13.5. The number of nitrogens with zero attached hydrogens (tertiary/aromatic N) is 3. The van der Waals surface area contributed by atoms with Gasteiger partial charge in [0.05, 0.1) is 32.4 Å². The Morgan fingerprint density at radius 1 is 1.03 bits per heavy atom. The van der Waals surface area contributed by atoms with Gasteiger partial charge in [-0.25, -0.2) is 14.8 Å². The molecule has 0 bridgehead atoms. The van der Waals surface area contributed by atoms with Crippen molar-refractivity contribution in [3.05, 3.63) is 42.7 Å². The molecule has 1 aromatic heterocycles. The van der Waals surface area contributed by atoms with Gasteiger partial charge in [-0.1, -0.05) is 0 Å². The van der Waals surface area contributed by atoms with Crippen LogP contribution in [0, 0.1) is 0 Å². The first kappa shape index (κ1) is 32.2. The lowest BCUT2D eigenvalue weighted by atomic mass is 10.2. The number of rotatable bonds is 9. The lowest BCUT2D eigenvalue weighted by molar-refractivity contribution is 0.0357. The average molecular weight is 583 g/mol. The van der Waals surface area contributed by atoms with E-state index in [1.807, 2.05) is 45.0 Å². The van der Waals surface area contributed by atoms with Crippen LogP contribution in [0.1, 0.15) is 27.2 Å². The second-order valence-corrected chi connectivity index (χ2v) is 9.73. The van der Waals surface area contributed by atoms with Crippen molar-refractivity contribution in [3.8, 4) is 11.5 Å². The molecule has 4 rings (SSSR count). The van der Waals surface area contributed by atoms with Gasteiger partial charge < -0.3 is 24.3 Å². The molecule has 2 aromatic carbocycles. The first-order valence-electron chi connectivity index (χ1n) is 12.4. The maximum Gasteiger partial charge on any atom is 0.412 e. The number of hydrogen-bond donors (Lipinski definition) is 2. The molecular formula is C27H37Cl2N5O5. The molecular weight excluding hydrogens is 545 g/mol. The number of halogens is 2. The molecule has 1 aliphatic heterocycles. The van der Waals surface area contributed by atoms with Crippen molar-refractivity contribution in [2.24, 2.45) is 0 Å². The van der Waals surface area contributed by atoms with Gasteiger partial charge in [0.25, 0.3) is 0 Å². The van der Waals surface area contributed by atoms with Crippen LogP contribution < -0.4 is 20.1 Å². The van der Waals surface area contributed by atoms with E-state index in [9.17, 15) is 4.79 Å². The molecule has 1 amide bonds. The summed E-state index contributed by atoms with van der Waals surface area (Å²) < 4.78 is 22.4. The monoisotopic (exact) mass is 581 g/mol. The third-order valence-electron chi connectivity index (χ3n) is 5.69. The lowest BCUT2D eigenvalue weighted by Crippen LogP contribution is -2.37. The highest BCUT2D eigenvalue weighted by Gasteiger charge is 2.16. The number of methoxy groups -OCH3 is 1. The van der Waals surface area contributed by atoms with Crippen molar-refractivity contribution in [2.45, 2.75) is 32.8 Å². The zero-order chi connectivity index (χ0) is 26.3. The number of benzene rings is 2. The second kappa shape index (κ2) is 14.9. The molecule has 39 heavy (non-hydrogen) atoms. The number of aromatic nitrogens is 2. The molecule has 0 saturated carbocycles. The van der Waals surface area contributed by atoms with E-state index in [-0.39, 0.29) is 24.8 Å². The summed E-state index contributed by atoms with van der Waals surface area (Å²) in [5.41, 5.74) is 1.61. The van der Waals surface area contributed by atoms with Gasteiger partial charge in [0, 0.05) is 42.5 Å². The van der Waals surface area contributed by atoms with Gasteiger partial charge >= 0.3 is 6.09 Å². The van der Waals surface area contributed by atoms with Gasteiger partial charge in [-0.05, 0) is 57.5 Å². The number of carbonyl (C=O) groups is 1. The fraction of sp³-hybridized carbons (Fsp3) is 0.444. The molecule has 0 aliphatic carbocycles. The highest BCUT2D eigenvalue weighted by Crippen LogP contribution is 2.35. The average Bonchev–Trinajstić information content (AvgIpc) is 2.87. The molecule has 2 heterocycles. The van der Waals surface area contributed by atoms with Crippen LogP contribution in [0.3, 0.4) is 0 Å². The summed E-state index contributed by atoms with van der Waals surface area (Å²) >= 11 is 0. The molecule has 1 aliphatic rings. The van der Waals surface area contributed by atoms with E-state index in [0.29, 0.717) is 29.6 Å². The smallest absolute Gasteiger partial charge is 0.412 e. The highest BCUT2D eigenvalue weighted by molar-refractivity contribution is 5.93. The van der Waals surface area contributed by atoms with Gasteiger partial charge in [-0.2, -0.15) is 0 Å². The summed E-state index contributed by atoms with van der Waals surface area (Å²) in [5, 5.41) is 6.85. The Labute approximate surface area is 241 Å². The van der Waals surface area contributed by atoms with Crippen molar-refractivity contribution in [2.75, 3.05) is 57.2 Å². The van der Waals surface area contributed by atoms with Crippen LogP contribution in [-0.4, -0.2) is 73.1 Å². The van der Waals surface area contributed by atoms with E-state index in [1.54, 1.807) is 19.2 Å². The number of anilines is 3. The van der Waals surface area contributed by atoms with Crippen LogP contribution >= 0.6 is 24.8 Å². The topological polar surface area (TPSA) is 107 Å². The van der Waals surface area contributed by atoms with Crippen molar-refractivity contribution in [1.29, 1.82) is 0 Å². The van der Waals surface area contributed by atoms with Crippen molar-refractivity contribution in [3.63, 3.8) is 0 Å². The van der Waals surface area contributed by atoms with Crippen LogP contribution in [0.4, 0.5) is 22.0 Å². The summed E-state index contributed by atoms with van der Waals surface area (Å²) in [6.45, 7) is 10.5. The molecule has 0 atom stereocenters. The zero-order valence-electron chi connectivity index (χ0n) is 22.7. The summed E-state index contributed by atoms with van der Waals surface area (Å²) in [7, 11) is 1.62. The Kier molecular flexibility index (Phi) is 12.3. The number of nitrogens with one attached hydrogen (secondary N) is 2. The van der Waals surface area contributed by atoms with Gasteiger partial charge in [-0.15, -0.1) is 24.8 Å². The Morgan fingerprint density at radius 3 is 2.38 bits per heavy atom. The molecule has 1 saturated heterocycles. The number of ether oxygens (including phenoxy) is 4. The Balaban J connectivity index is 0.00000267. The minimum Gasteiger partial charge on any atom is -0.493 e. The van der Waals surface area contributed by atoms with Gasteiger partial charge in [0.2, 0.25) is 0 Å². The molecule has 3 aromatic rings. The van der Waals surface area contributed by atoms with Crippen LogP contribution in [0.5, 0.6) is 11.5 Å². The molecule has 10 nitrogen and oxygen atoms in total. The molecule has 12 heteroatoms. The number of hydrogen-bond acceptors (Lipinski definition) is 9. The van der Waals surface area contributed by atoms with Crippen molar-refractivity contribution >= 4 is 59.0 Å². The molecule has 0 radical (unpaired) electrons. The standard InChI is InChI=1S/C27H35N5O5.2ClH/c1-27(2,3)37-26(33)31-20-8-6-19(7-9-20)30-25-21-16-23(34-4)24(17-22(21)28-18-29-25)36-13-5-10-32-11-14-35-15-12-32;;/h6-9,16-18H,5,10-15H2,1-4H3,(H,31,33)(H,28,29,30);2*1H. The van der Waals surface area contributed by atoms with E-state index < -0.39 is 11.7 Å². The van der Waals surface area contributed by atoms with Crippen LogP contribution in [0.15, 0.2) is 42.7 Å². The predicted molar refractivity (Wildman–Crippen MR) is 158 cm³/mol. The van der Waals surface area contributed by atoms with E-state index in [2.05, 4.69) is 25.5 Å². The SMILES string of the molecule is COc1cc2c(Nc3ccc(NC(=O)OC(C)(C)C)cc3)ncnc2cc1OCCCN1CCOCC1.Cl.Cl. The molecule has 2 N–H and O–H groups in total. The third kappa shape index (κ3) is 9.58. The fourth-order valence-electron chi connectivity index (χ4n) is 3.93. The Morgan fingerprint density at radius 2 is 1.72 bits per heavy atom. The summed E-state index contributed by atoms with van der Waals surface area (Å²) in [4.78, 5) is 23.2. The van der Waals surface area contributed by atoms with Crippen molar-refractivity contribution < 1.29 is 23.7 Å². The van der Waals surface area contributed by atoms with Crippen LogP contribution in [0.2, 0.25) is 0 Å². The maximum atomic E-state index is 12.0. The van der Waals surface area contributed by atoms with Crippen LogP contribution in [0.25, 0.3) is 10.9 Å². The zero-order valence-corrected chi connectivity index (χ0v) is 24.3. The highest BCUT2D eigenvalue weighted by atomic mass is 35.5. The van der Waals surface area contributed by atoms with Crippen LogP contribution in [-0.2, 0) is 9.47 Å². The quantitative estimate of drug-likeness (QED) is 0.309. The fourth-order valence-corrected chi connectivity index (χ4v) is 3.93. The van der Waals surface area contributed by atoms with E-state index in [0.717, 1.165) is 55.9 Å².